The van der Waals surface area contributed by atoms with Gasteiger partial charge < -0.3 is 4.74 Å². The van der Waals surface area contributed by atoms with Crippen molar-refractivity contribution in [1.29, 1.82) is 5.26 Å². The van der Waals surface area contributed by atoms with Gasteiger partial charge in [0.15, 0.2) is 0 Å². The van der Waals surface area contributed by atoms with Gasteiger partial charge in [-0.25, -0.2) is 0 Å². The molecule has 0 N–H and O–H groups in total. The monoisotopic (exact) mass is 193 g/mol. The Morgan fingerprint density at radius 3 is 2.79 bits per heavy atom. The van der Waals surface area contributed by atoms with Gasteiger partial charge in [-0.1, -0.05) is 0 Å². The molecular weight excluding hydrogens is 186 g/mol. The summed E-state index contributed by atoms with van der Waals surface area (Å²) in [7, 11) is 1.38. The Balaban J connectivity index is 3.44. The van der Waals surface area contributed by atoms with E-state index in [2.05, 4.69) is 4.98 Å². The van der Waals surface area contributed by atoms with Crippen LogP contribution in [0.2, 0.25) is 0 Å². The van der Waals surface area contributed by atoms with Gasteiger partial charge in [0, 0.05) is 11.6 Å². The van der Waals surface area contributed by atoms with Gasteiger partial charge in [-0.15, -0.1) is 0 Å². The van der Waals surface area contributed by atoms with Crippen LogP contribution in [0.3, 0.4) is 0 Å². The molecule has 0 atom stereocenters. The fourth-order valence-electron chi connectivity index (χ4n) is 1.05. The van der Waals surface area contributed by atoms with Gasteiger partial charge in [-0.2, -0.15) is 10.2 Å². The fourth-order valence-corrected chi connectivity index (χ4v) is 1.05. The fraction of sp³-hybridized carbons (Fsp3) is 0.250. The highest BCUT2D eigenvalue weighted by Gasteiger charge is 2.20. The molecule has 0 amide bonds. The molecule has 72 valence electrons. The lowest BCUT2D eigenvalue weighted by Gasteiger charge is -2.02. The van der Waals surface area contributed by atoms with Crippen LogP contribution in [-0.2, 0) is 0 Å². The third-order valence-electron chi connectivity index (χ3n) is 1.66. The molecule has 0 radical (unpaired) electrons. The molecule has 0 fully saturated rings. The number of nitro groups is 1. The second-order valence-corrected chi connectivity index (χ2v) is 2.55. The lowest BCUT2D eigenvalue weighted by Crippen LogP contribution is -2.00. The van der Waals surface area contributed by atoms with Crippen molar-refractivity contribution in [3.8, 4) is 11.9 Å². The van der Waals surface area contributed by atoms with E-state index in [0.29, 0.717) is 5.56 Å². The molecule has 0 saturated heterocycles. The number of methoxy groups -OCH3 is 1. The van der Waals surface area contributed by atoms with Gasteiger partial charge in [0.1, 0.15) is 6.07 Å². The van der Waals surface area contributed by atoms with Crippen molar-refractivity contribution < 1.29 is 9.66 Å². The van der Waals surface area contributed by atoms with Crippen molar-refractivity contribution in [3.05, 3.63) is 27.4 Å². The Labute approximate surface area is 79.9 Å². The molecule has 0 aliphatic rings. The number of pyridine rings is 1. The molecule has 0 bridgehead atoms. The molecule has 0 aromatic carbocycles. The summed E-state index contributed by atoms with van der Waals surface area (Å²) in [5.41, 5.74) is -0.140. The highest BCUT2D eigenvalue weighted by atomic mass is 16.6. The lowest BCUT2D eigenvalue weighted by molar-refractivity contribution is -0.386. The van der Waals surface area contributed by atoms with Gasteiger partial charge in [-0.05, 0) is 6.92 Å². The SMILES string of the molecule is COc1cc(C)c([N+](=O)[O-])c(C#N)n1. The standard InChI is InChI=1S/C8H7N3O3/c1-5-3-7(14-2)10-6(4-9)8(5)11(12)13/h3H,1-2H3. The number of aryl methyl sites for hydroxylation is 1. The number of nitrogens with zero attached hydrogens (tertiary/aromatic N) is 3. The highest BCUT2D eigenvalue weighted by molar-refractivity contribution is 5.51. The van der Waals surface area contributed by atoms with E-state index in [1.165, 1.54) is 20.1 Å². The second-order valence-electron chi connectivity index (χ2n) is 2.55. The zero-order valence-electron chi connectivity index (χ0n) is 7.64. The highest BCUT2D eigenvalue weighted by Crippen LogP contribution is 2.24. The maximum atomic E-state index is 10.6. The number of ether oxygens (including phenoxy) is 1. The quantitative estimate of drug-likeness (QED) is 0.519. The zero-order chi connectivity index (χ0) is 10.7. The summed E-state index contributed by atoms with van der Waals surface area (Å²) in [4.78, 5) is 13.6. The third kappa shape index (κ3) is 1.61. The zero-order valence-corrected chi connectivity index (χ0v) is 7.64. The molecule has 0 aliphatic heterocycles. The van der Waals surface area contributed by atoms with Gasteiger partial charge in [0.05, 0.1) is 12.0 Å². The third-order valence-corrected chi connectivity index (χ3v) is 1.66. The molecule has 6 heteroatoms. The average molecular weight is 193 g/mol. The summed E-state index contributed by atoms with van der Waals surface area (Å²) in [6.45, 7) is 1.53. The van der Waals surface area contributed by atoms with Gasteiger partial charge in [-0.3, -0.25) is 10.1 Å². The lowest BCUT2D eigenvalue weighted by atomic mass is 10.2. The number of aromatic nitrogens is 1. The molecule has 1 aromatic rings. The first-order valence-corrected chi connectivity index (χ1v) is 3.70. The summed E-state index contributed by atoms with van der Waals surface area (Å²) in [6.07, 6.45) is 0. The van der Waals surface area contributed by atoms with Crippen molar-refractivity contribution in [2.24, 2.45) is 0 Å². The predicted octanol–water partition coefficient (Wildman–Crippen LogP) is 1.18. The van der Waals surface area contributed by atoms with E-state index in [1.54, 1.807) is 6.07 Å². The van der Waals surface area contributed by atoms with Crippen molar-refractivity contribution >= 4 is 5.69 Å². The summed E-state index contributed by atoms with van der Waals surface area (Å²) >= 11 is 0. The molecule has 6 nitrogen and oxygen atoms in total. The van der Waals surface area contributed by atoms with Crippen LogP contribution in [0.15, 0.2) is 6.07 Å². The molecule has 1 aromatic heterocycles. The Kier molecular flexibility index (Phi) is 2.62. The first-order valence-electron chi connectivity index (χ1n) is 3.70. The van der Waals surface area contributed by atoms with Crippen molar-refractivity contribution in [1.82, 2.24) is 4.98 Å². The van der Waals surface area contributed by atoms with Crippen LogP contribution < -0.4 is 4.74 Å². The van der Waals surface area contributed by atoms with Crippen molar-refractivity contribution in [3.63, 3.8) is 0 Å². The summed E-state index contributed by atoms with van der Waals surface area (Å²) in [5.74, 6) is 0.199. The summed E-state index contributed by atoms with van der Waals surface area (Å²) in [6, 6.07) is 3.08. The minimum absolute atomic E-state index is 0.199. The first-order chi connectivity index (χ1) is 6.60. The van der Waals surface area contributed by atoms with E-state index in [4.69, 9.17) is 10.00 Å². The normalized spacial score (nSPS) is 9.21. The van der Waals surface area contributed by atoms with Crippen LogP contribution in [0.5, 0.6) is 5.88 Å². The maximum absolute atomic E-state index is 10.6. The van der Waals surface area contributed by atoms with E-state index in [0.717, 1.165) is 0 Å². The first kappa shape index (κ1) is 9.92. The van der Waals surface area contributed by atoms with E-state index in [1.807, 2.05) is 0 Å². The van der Waals surface area contributed by atoms with Crippen LogP contribution in [0, 0.1) is 28.4 Å². The van der Waals surface area contributed by atoms with Crippen LogP contribution in [-0.4, -0.2) is 17.0 Å². The molecular formula is C8H7N3O3. The molecule has 0 unspecified atom stereocenters. The second kappa shape index (κ2) is 3.70. The minimum atomic E-state index is -0.625. The van der Waals surface area contributed by atoms with E-state index in [-0.39, 0.29) is 17.3 Å². The van der Waals surface area contributed by atoms with Gasteiger partial charge in [0.2, 0.25) is 11.6 Å². The molecule has 1 rings (SSSR count). The topological polar surface area (TPSA) is 89.0 Å². The Morgan fingerprint density at radius 2 is 2.36 bits per heavy atom. The summed E-state index contributed by atoms with van der Waals surface area (Å²) < 4.78 is 4.79. The van der Waals surface area contributed by atoms with Gasteiger partial charge >= 0.3 is 5.69 Å². The Hall–Kier alpha value is -2.16. The van der Waals surface area contributed by atoms with Crippen LogP contribution in [0.25, 0.3) is 0 Å². The average Bonchev–Trinajstić information content (AvgIpc) is 2.15. The van der Waals surface area contributed by atoms with E-state index >= 15 is 0 Å². The van der Waals surface area contributed by atoms with E-state index < -0.39 is 4.92 Å². The summed E-state index contributed by atoms with van der Waals surface area (Å²) in [5, 5.41) is 19.2. The largest absolute Gasteiger partial charge is 0.481 e. The van der Waals surface area contributed by atoms with Gasteiger partial charge in [0.25, 0.3) is 0 Å². The minimum Gasteiger partial charge on any atom is -0.481 e. The molecule has 14 heavy (non-hydrogen) atoms. The molecule has 0 aliphatic carbocycles. The predicted molar refractivity (Wildman–Crippen MR) is 46.9 cm³/mol. The van der Waals surface area contributed by atoms with Crippen molar-refractivity contribution in [2.45, 2.75) is 6.92 Å². The van der Waals surface area contributed by atoms with E-state index in [9.17, 15) is 10.1 Å². The maximum Gasteiger partial charge on any atom is 0.308 e. The van der Waals surface area contributed by atoms with Crippen LogP contribution in [0.1, 0.15) is 11.3 Å². The molecule has 0 spiro atoms. The molecule has 0 saturated carbocycles. The van der Waals surface area contributed by atoms with Crippen LogP contribution >= 0.6 is 0 Å². The number of hydrogen-bond donors (Lipinski definition) is 0. The number of hydrogen-bond acceptors (Lipinski definition) is 5. The Bertz CT molecular complexity index is 423. The number of rotatable bonds is 2. The van der Waals surface area contributed by atoms with Crippen molar-refractivity contribution in [2.75, 3.05) is 7.11 Å². The number of nitriles is 1. The van der Waals surface area contributed by atoms with Crippen LogP contribution in [0.4, 0.5) is 5.69 Å². The Morgan fingerprint density at radius 1 is 1.71 bits per heavy atom. The smallest absolute Gasteiger partial charge is 0.308 e. The molecule has 1 heterocycles.